The van der Waals surface area contributed by atoms with Crippen molar-refractivity contribution in [3.8, 4) is 5.75 Å². The Morgan fingerprint density at radius 2 is 2.18 bits per heavy atom. The topological polar surface area (TPSA) is 125 Å². The molecule has 3 N–H and O–H groups in total. The molecule has 22 heavy (non-hydrogen) atoms. The van der Waals surface area contributed by atoms with Gasteiger partial charge in [0, 0.05) is 12.1 Å². The van der Waals surface area contributed by atoms with Crippen LogP contribution in [-0.2, 0) is 10.0 Å². The second kappa shape index (κ2) is 6.59. The van der Waals surface area contributed by atoms with Crippen LogP contribution in [-0.4, -0.2) is 33.0 Å². The number of nitrogens with two attached hydrogens (primary N) is 1. The van der Waals surface area contributed by atoms with Gasteiger partial charge in [0.15, 0.2) is 0 Å². The summed E-state index contributed by atoms with van der Waals surface area (Å²) >= 11 is 0. The number of nitrogens with one attached hydrogen (secondary N) is 1. The molecule has 8 nitrogen and oxygen atoms in total. The monoisotopic (exact) mass is 329 g/mol. The maximum Gasteiger partial charge on any atom is 0.273 e. The number of nitro groups is 1. The van der Waals surface area contributed by atoms with Crippen LogP contribution in [0.25, 0.3) is 0 Å². The fourth-order valence-corrected chi connectivity index (χ4v) is 4.22. The van der Waals surface area contributed by atoms with Crippen LogP contribution in [0.2, 0.25) is 0 Å². The van der Waals surface area contributed by atoms with E-state index >= 15 is 0 Å². The first-order valence-corrected chi connectivity index (χ1v) is 8.42. The maximum atomic E-state index is 12.5. The van der Waals surface area contributed by atoms with Crippen LogP contribution < -0.4 is 15.2 Å². The molecule has 0 bridgehead atoms. The lowest BCUT2D eigenvalue weighted by atomic mass is 10.1. The minimum Gasteiger partial charge on any atom is -0.495 e. The zero-order chi connectivity index (χ0) is 16.3. The fourth-order valence-electron chi connectivity index (χ4n) is 2.73. The van der Waals surface area contributed by atoms with Crippen LogP contribution in [0.3, 0.4) is 0 Å². The summed E-state index contributed by atoms with van der Waals surface area (Å²) in [6.07, 6.45) is 2.55. The fraction of sp³-hybridized carbons (Fsp3) is 0.538. The van der Waals surface area contributed by atoms with Crippen molar-refractivity contribution in [2.45, 2.75) is 30.2 Å². The zero-order valence-corrected chi connectivity index (χ0v) is 13.0. The molecule has 2 unspecified atom stereocenters. The number of nitrogens with zero attached hydrogens (tertiary/aromatic N) is 1. The van der Waals surface area contributed by atoms with Gasteiger partial charge in [-0.1, -0.05) is 6.42 Å². The second-order valence-electron chi connectivity index (χ2n) is 5.25. The summed E-state index contributed by atoms with van der Waals surface area (Å²) < 4.78 is 32.6. The van der Waals surface area contributed by atoms with Crippen molar-refractivity contribution in [3.63, 3.8) is 0 Å². The Bertz CT molecular complexity index is 662. The first kappa shape index (κ1) is 16.7. The van der Waals surface area contributed by atoms with Gasteiger partial charge in [-0.3, -0.25) is 10.1 Å². The predicted molar refractivity (Wildman–Crippen MR) is 80.2 cm³/mol. The molecule has 122 valence electrons. The highest BCUT2D eigenvalue weighted by Gasteiger charge is 2.32. The molecule has 9 heteroatoms. The molecule has 2 atom stereocenters. The Morgan fingerprint density at radius 1 is 1.45 bits per heavy atom. The number of hydrogen-bond donors (Lipinski definition) is 2. The highest BCUT2D eigenvalue weighted by Crippen LogP contribution is 2.31. The lowest BCUT2D eigenvalue weighted by Gasteiger charge is -2.20. The third-order valence-corrected chi connectivity index (χ3v) is 5.45. The lowest BCUT2D eigenvalue weighted by molar-refractivity contribution is -0.385. The Hall–Kier alpha value is -1.71. The highest BCUT2D eigenvalue weighted by atomic mass is 32.2. The predicted octanol–water partition coefficient (Wildman–Crippen LogP) is 1.01. The Balaban J connectivity index is 2.31. The van der Waals surface area contributed by atoms with Gasteiger partial charge in [0.1, 0.15) is 10.6 Å². The van der Waals surface area contributed by atoms with E-state index in [2.05, 4.69) is 4.72 Å². The quantitative estimate of drug-likeness (QED) is 0.593. The zero-order valence-electron chi connectivity index (χ0n) is 12.2. The molecule has 0 aromatic heterocycles. The molecule has 0 heterocycles. The smallest absolute Gasteiger partial charge is 0.273 e. The Morgan fingerprint density at radius 3 is 2.77 bits per heavy atom. The van der Waals surface area contributed by atoms with Crippen LogP contribution in [0.4, 0.5) is 5.69 Å². The molecule has 0 radical (unpaired) electrons. The van der Waals surface area contributed by atoms with Crippen LogP contribution in [0.15, 0.2) is 23.1 Å². The van der Waals surface area contributed by atoms with Crippen molar-refractivity contribution in [2.75, 3.05) is 13.7 Å². The van der Waals surface area contributed by atoms with E-state index < -0.39 is 14.9 Å². The summed E-state index contributed by atoms with van der Waals surface area (Å²) in [6, 6.07) is 3.22. The minimum atomic E-state index is -3.83. The Labute approximate surface area is 128 Å². The van der Waals surface area contributed by atoms with E-state index in [4.69, 9.17) is 10.5 Å². The molecule has 1 aliphatic carbocycles. The van der Waals surface area contributed by atoms with Gasteiger partial charge in [0.2, 0.25) is 10.0 Å². The van der Waals surface area contributed by atoms with E-state index in [0.29, 0.717) is 6.54 Å². The van der Waals surface area contributed by atoms with Crippen molar-refractivity contribution in [1.82, 2.24) is 4.72 Å². The molecule has 0 spiro atoms. The normalized spacial score (nSPS) is 21.7. The van der Waals surface area contributed by atoms with Crippen LogP contribution >= 0.6 is 0 Å². The minimum absolute atomic E-state index is 0.0519. The number of rotatable bonds is 6. The van der Waals surface area contributed by atoms with Crippen molar-refractivity contribution < 1.29 is 18.1 Å². The van der Waals surface area contributed by atoms with Gasteiger partial charge in [0.25, 0.3) is 5.69 Å². The van der Waals surface area contributed by atoms with Crippen LogP contribution in [0, 0.1) is 16.0 Å². The van der Waals surface area contributed by atoms with E-state index in [0.717, 1.165) is 31.4 Å². The molecule has 1 aromatic rings. The van der Waals surface area contributed by atoms with Crippen molar-refractivity contribution in [2.24, 2.45) is 11.7 Å². The van der Waals surface area contributed by atoms with Gasteiger partial charge in [-0.15, -0.1) is 0 Å². The first-order chi connectivity index (χ1) is 10.4. The average molecular weight is 329 g/mol. The Kier molecular flexibility index (Phi) is 4.99. The van der Waals surface area contributed by atoms with E-state index in [-0.39, 0.29) is 28.3 Å². The number of hydrogen-bond acceptors (Lipinski definition) is 6. The molecule has 2 rings (SSSR count). The third kappa shape index (κ3) is 3.37. The number of benzene rings is 1. The molecule has 0 amide bonds. The molecule has 1 aromatic carbocycles. The molecular formula is C13H19N3O5S. The summed E-state index contributed by atoms with van der Waals surface area (Å²) in [7, 11) is -2.55. The van der Waals surface area contributed by atoms with E-state index in [1.165, 1.54) is 13.2 Å². The van der Waals surface area contributed by atoms with Crippen molar-refractivity contribution in [3.05, 3.63) is 28.3 Å². The molecule has 0 saturated heterocycles. The van der Waals surface area contributed by atoms with Gasteiger partial charge < -0.3 is 10.5 Å². The number of sulfonamides is 1. The van der Waals surface area contributed by atoms with E-state index in [1.54, 1.807) is 0 Å². The van der Waals surface area contributed by atoms with Crippen molar-refractivity contribution in [1.29, 1.82) is 0 Å². The van der Waals surface area contributed by atoms with Gasteiger partial charge >= 0.3 is 0 Å². The molecule has 0 aliphatic heterocycles. The number of nitro benzene ring substituents is 1. The summed E-state index contributed by atoms with van der Waals surface area (Å²) in [5.74, 6) is 0.0582. The second-order valence-corrected chi connectivity index (χ2v) is 6.93. The van der Waals surface area contributed by atoms with Gasteiger partial charge in [-0.2, -0.15) is 0 Å². The largest absolute Gasteiger partial charge is 0.495 e. The summed E-state index contributed by atoms with van der Waals surface area (Å²) in [5.41, 5.74) is 5.43. The summed E-state index contributed by atoms with van der Waals surface area (Å²) in [5, 5.41) is 10.8. The third-order valence-electron chi connectivity index (χ3n) is 3.92. The molecular weight excluding hydrogens is 310 g/mol. The van der Waals surface area contributed by atoms with Gasteiger partial charge in [0.05, 0.1) is 18.1 Å². The molecule has 1 fully saturated rings. The molecule has 1 aliphatic rings. The number of ether oxygens (including phenoxy) is 1. The average Bonchev–Trinajstić information content (AvgIpc) is 2.92. The summed E-state index contributed by atoms with van der Waals surface area (Å²) in [6.45, 7) is 0.421. The van der Waals surface area contributed by atoms with E-state index in [1.807, 2.05) is 0 Å². The number of non-ortho nitro benzene ring substituents is 1. The highest BCUT2D eigenvalue weighted by molar-refractivity contribution is 7.89. The van der Waals surface area contributed by atoms with Crippen LogP contribution in [0.5, 0.6) is 5.75 Å². The lowest BCUT2D eigenvalue weighted by Crippen LogP contribution is -2.39. The van der Waals surface area contributed by atoms with Gasteiger partial charge in [-0.05, 0) is 31.4 Å². The van der Waals surface area contributed by atoms with Crippen molar-refractivity contribution >= 4 is 15.7 Å². The maximum absolute atomic E-state index is 12.5. The summed E-state index contributed by atoms with van der Waals surface area (Å²) in [4.78, 5) is 10.1. The van der Waals surface area contributed by atoms with Gasteiger partial charge in [-0.25, -0.2) is 13.1 Å². The SMILES string of the molecule is COc1cc([N+](=O)[O-])ccc1S(=O)(=O)NC1CCCC1CN. The van der Waals surface area contributed by atoms with E-state index in [9.17, 15) is 18.5 Å². The number of methoxy groups -OCH3 is 1. The molecule has 1 saturated carbocycles. The first-order valence-electron chi connectivity index (χ1n) is 6.94. The van der Waals surface area contributed by atoms with Crippen LogP contribution in [0.1, 0.15) is 19.3 Å². The standard InChI is InChI=1S/C13H19N3O5S/c1-21-12-7-10(16(17)18)5-6-13(12)22(19,20)15-11-4-2-3-9(11)8-14/h5-7,9,11,15H,2-4,8,14H2,1H3.